The Morgan fingerprint density at radius 2 is 1.34 bits per heavy atom. The van der Waals surface area contributed by atoms with E-state index in [0.717, 1.165) is 6.42 Å². The number of rotatable bonds is 2. The van der Waals surface area contributed by atoms with Crippen molar-refractivity contribution in [1.82, 2.24) is 0 Å². The van der Waals surface area contributed by atoms with Gasteiger partial charge in [0.25, 0.3) is 0 Å². The zero-order valence-corrected chi connectivity index (χ0v) is 16.6. The van der Waals surface area contributed by atoms with Gasteiger partial charge in [-0.05, 0) is 56.4 Å². The predicted molar refractivity (Wildman–Crippen MR) is 110 cm³/mol. The largest absolute Gasteiger partial charge is 0.673 e. The van der Waals surface area contributed by atoms with E-state index in [1.54, 1.807) is 0 Å². The summed E-state index contributed by atoms with van der Waals surface area (Å²) in [5.41, 5.74) is 8.27. The van der Waals surface area contributed by atoms with Gasteiger partial charge in [0.2, 0.25) is 5.69 Å². The van der Waals surface area contributed by atoms with Crippen LogP contribution in [0.3, 0.4) is 0 Å². The van der Waals surface area contributed by atoms with Crippen molar-refractivity contribution in [3.8, 4) is 22.4 Å². The second-order valence-corrected chi connectivity index (χ2v) is 7.91. The van der Waals surface area contributed by atoms with Crippen molar-refractivity contribution in [3.63, 3.8) is 0 Å². The van der Waals surface area contributed by atoms with E-state index < -0.39 is 7.25 Å². The van der Waals surface area contributed by atoms with Gasteiger partial charge in [-0.2, -0.15) is 0 Å². The number of halogens is 4. The maximum absolute atomic E-state index is 9.75. The second-order valence-electron chi connectivity index (χ2n) is 7.91. The van der Waals surface area contributed by atoms with Crippen LogP contribution >= 0.6 is 0 Å². The van der Waals surface area contributed by atoms with E-state index in [0.29, 0.717) is 0 Å². The lowest BCUT2D eigenvalue weighted by molar-refractivity contribution is -0.386. The van der Waals surface area contributed by atoms with Crippen LogP contribution in [0, 0.1) is 0 Å². The fraction of sp³-hybridized carbons (Fsp3) is 0.261. The van der Waals surface area contributed by atoms with Crippen molar-refractivity contribution in [2.45, 2.75) is 38.5 Å². The average Bonchev–Trinajstić information content (AvgIpc) is 2.67. The third kappa shape index (κ3) is 5.46. The molecule has 3 aromatic rings. The van der Waals surface area contributed by atoms with Crippen LogP contribution in [-0.4, -0.2) is 7.25 Å². The Balaban J connectivity index is 0.000000431. The maximum Gasteiger partial charge on any atom is 0.673 e. The van der Waals surface area contributed by atoms with Crippen LogP contribution in [0.4, 0.5) is 17.3 Å². The maximum atomic E-state index is 9.75. The summed E-state index contributed by atoms with van der Waals surface area (Å²) >= 11 is 0. The molecular formula is C23H24BF4N. The molecule has 0 saturated heterocycles. The number of aromatic nitrogens is 1. The molecule has 1 aliphatic rings. The topological polar surface area (TPSA) is 14.1 Å². The molecule has 0 saturated carbocycles. The highest BCUT2D eigenvalue weighted by Crippen LogP contribution is 2.39. The summed E-state index contributed by atoms with van der Waals surface area (Å²) in [5.74, 6) is 0. The fourth-order valence-electron chi connectivity index (χ4n) is 3.93. The Labute approximate surface area is 168 Å². The van der Waals surface area contributed by atoms with E-state index in [-0.39, 0.29) is 5.41 Å². The molecule has 1 aromatic heterocycles. The van der Waals surface area contributed by atoms with Gasteiger partial charge in [-0.15, -0.1) is 0 Å². The van der Waals surface area contributed by atoms with Crippen LogP contribution in [0.25, 0.3) is 22.4 Å². The molecule has 1 heterocycles. The number of hydrogen-bond acceptors (Lipinski definition) is 0. The van der Waals surface area contributed by atoms with E-state index in [9.17, 15) is 17.3 Å². The third-order valence-corrected chi connectivity index (χ3v) is 5.25. The van der Waals surface area contributed by atoms with E-state index in [4.69, 9.17) is 0 Å². The standard InChI is InChI=1S/C23H23N.BF4/c1-23(2)15-9-14-19-20(17-10-5-3-6-11-17)16-21(24-22(19)23)18-12-7-4-8-13-18;2-1(3,4)5/h3-8,10-13,16H,9,14-15H2,1-2H3;/q;-1/p+1. The molecule has 0 fully saturated rings. The highest BCUT2D eigenvalue weighted by atomic mass is 19.5. The van der Waals surface area contributed by atoms with Gasteiger partial charge in [0.1, 0.15) is 0 Å². The number of benzene rings is 2. The molecular weight excluding hydrogens is 377 g/mol. The van der Waals surface area contributed by atoms with Crippen LogP contribution in [0.15, 0.2) is 66.7 Å². The molecule has 2 aromatic carbocycles. The van der Waals surface area contributed by atoms with Crippen molar-refractivity contribution in [2.24, 2.45) is 0 Å². The molecule has 1 aliphatic carbocycles. The van der Waals surface area contributed by atoms with E-state index in [2.05, 4.69) is 85.6 Å². The lowest BCUT2D eigenvalue weighted by atomic mass is 9.74. The smallest absolute Gasteiger partial charge is 0.418 e. The summed E-state index contributed by atoms with van der Waals surface area (Å²) in [4.78, 5) is 3.78. The highest BCUT2D eigenvalue weighted by molar-refractivity contribution is 6.50. The quantitative estimate of drug-likeness (QED) is 0.333. The molecule has 0 radical (unpaired) electrons. The Kier molecular flexibility index (Phi) is 6.11. The highest BCUT2D eigenvalue weighted by Gasteiger charge is 2.36. The summed E-state index contributed by atoms with van der Waals surface area (Å²) in [6.07, 6.45) is 3.66. The fourth-order valence-corrected chi connectivity index (χ4v) is 3.93. The first-order valence-electron chi connectivity index (χ1n) is 9.73. The molecule has 152 valence electrons. The number of nitrogens with one attached hydrogen (secondary N) is 1. The van der Waals surface area contributed by atoms with Crippen LogP contribution < -0.4 is 4.98 Å². The summed E-state index contributed by atoms with van der Waals surface area (Å²) < 4.78 is 39.0. The summed E-state index contributed by atoms with van der Waals surface area (Å²) in [6, 6.07) is 23.8. The van der Waals surface area contributed by atoms with Gasteiger partial charge in [-0.25, -0.2) is 4.98 Å². The third-order valence-electron chi connectivity index (χ3n) is 5.25. The molecule has 0 bridgehead atoms. The first-order chi connectivity index (χ1) is 13.6. The minimum Gasteiger partial charge on any atom is -0.418 e. The van der Waals surface area contributed by atoms with Gasteiger partial charge in [-0.1, -0.05) is 48.5 Å². The van der Waals surface area contributed by atoms with Gasteiger partial charge in [0.05, 0.1) is 0 Å². The molecule has 0 atom stereocenters. The van der Waals surface area contributed by atoms with Crippen molar-refractivity contribution in [2.75, 3.05) is 0 Å². The van der Waals surface area contributed by atoms with Crippen molar-refractivity contribution < 1.29 is 22.2 Å². The SMILES string of the molecule is CC1(C)CCCc2c(-c3ccccc3)cc(-c3ccccc3)[nH+]c21.F[B-](F)(F)F. The van der Waals surface area contributed by atoms with Gasteiger partial charge in [-0.3, -0.25) is 0 Å². The van der Waals surface area contributed by atoms with Crippen LogP contribution in [0.2, 0.25) is 0 Å². The Morgan fingerprint density at radius 3 is 1.90 bits per heavy atom. The van der Waals surface area contributed by atoms with Crippen molar-refractivity contribution >= 4 is 7.25 Å². The van der Waals surface area contributed by atoms with Crippen molar-refractivity contribution in [1.29, 1.82) is 0 Å². The normalized spacial score (nSPS) is 15.1. The molecule has 0 aliphatic heterocycles. The van der Waals surface area contributed by atoms with Crippen molar-refractivity contribution in [3.05, 3.63) is 78.0 Å². The van der Waals surface area contributed by atoms with E-state index in [1.165, 1.54) is 46.5 Å². The molecule has 4 rings (SSSR count). The first-order valence-corrected chi connectivity index (χ1v) is 9.73. The number of hydrogen-bond donors (Lipinski definition) is 0. The summed E-state index contributed by atoms with van der Waals surface area (Å²) in [6.45, 7) is 4.73. The minimum absolute atomic E-state index is 0.196. The van der Waals surface area contributed by atoms with Gasteiger partial charge < -0.3 is 17.3 Å². The number of H-pyrrole nitrogens is 1. The molecule has 29 heavy (non-hydrogen) atoms. The second kappa shape index (κ2) is 8.40. The zero-order valence-electron chi connectivity index (χ0n) is 16.6. The average molecular weight is 401 g/mol. The number of fused-ring (bicyclic) bond motifs is 1. The summed E-state index contributed by atoms with van der Waals surface area (Å²) in [7, 11) is -6.00. The molecule has 0 amide bonds. The molecule has 6 heteroatoms. The van der Waals surface area contributed by atoms with Crippen LogP contribution in [-0.2, 0) is 11.8 Å². The van der Waals surface area contributed by atoms with Crippen LogP contribution in [0.5, 0.6) is 0 Å². The number of aromatic amines is 1. The monoisotopic (exact) mass is 401 g/mol. The predicted octanol–water partition coefficient (Wildman–Crippen LogP) is 6.75. The lowest BCUT2D eigenvalue weighted by Gasteiger charge is -2.29. The summed E-state index contributed by atoms with van der Waals surface area (Å²) in [5, 5.41) is 0. The minimum atomic E-state index is -6.00. The van der Waals surface area contributed by atoms with Gasteiger partial charge in [0.15, 0.2) is 5.69 Å². The van der Waals surface area contributed by atoms with Crippen LogP contribution in [0.1, 0.15) is 37.9 Å². The lowest BCUT2D eigenvalue weighted by Crippen LogP contribution is -2.34. The zero-order chi connectivity index (χ0) is 21.1. The molecule has 0 unspecified atom stereocenters. The molecule has 1 nitrogen and oxygen atoms in total. The Morgan fingerprint density at radius 1 is 0.828 bits per heavy atom. The molecule has 0 spiro atoms. The van der Waals surface area contributed by atoms with E-state index in [1.807, 2.05) is 0 Å². The molecule has 1 N–H and O–H groups in total. The Bertz CT molecular complexity index is 948. The Hall–Kier alpha value is -2.63. The number of pyridine rings is 1. The van der Waals surface area contributed by atoms with E-state index >= 15 is 0 Å². The van der Waals surface area contributed by atoms with Gasteiger partial charge in [0, 0.05) is 22.6 Å². The first kappa shape index (κ1) is 21.1. The van der Waals surface area contributed by atoms with Gasteiger partial charge >= 0.3 is 7.25 Å².